The lowest BCUT2D eigenvalue weighted by Gasteiger charge is -2.08. The van der Waals surface area contributed by atoms with Gasteiger partial charge in [0.25, 0.3) is 0 Å². The number of Topliss-reactive ketones (excluding diaryl/α,β-unsaturated/α-hetero) is 1. The zero-order valence-corrected chi connectivity index (χ0v) is 13.4. The van der Waals surface area contributed by atoms with Crippen LogP contribution in [0.1, 0.15) is 15.9 Å². The minimum Gasteiger partial charge on any atom is -0.287 e. The molecule has 0 aliphatic rings. The van der Waals surface area contributed by atoms with E-state index in [1.165, 1.54) is 23.4 Å². The van der Waals surface area contributed by atoms with E-state index in [-0.39, 0.29) is 5.78 Å². The Morgan fingerprint density at radius 3 is 2.52 bits per heavy atom. The predicted molar refractivity (Wildman–Crippen MR) is 91.4 cm³/mol. The quantitative estimate of drug-likeness (QED) is 0.518. The third-order valence-corrected chi connectivity index (χ3v) is 3.72. The van der Waals surface area contributed by atoms with Crippen molar-refractivity contribution in [3.8, 4) is 0 Å². The van der Waals surface area contributed by atoms with Crippen molar-refractivity contribution in [3.05, 3.63) is 82.4 Å². The lowest BCUT2D eigenvalue weighted by Crippen LogP contribution is -2.10. The van der Waals surface area contributed by atoms with Gasteiger partial charge in [0.15, 0.2) is 0 Å². The van der Waals surface area contributed by atoms with Crippen LogP contribution < -0.4 is 0 Å². The molecule has 1 aromatic heterocycles. The third kappa shape index (κ3) is 3.50. The van der Waals surface area contributed by atoms with Gasteiger partial charge in [0.05, 0.1) is 5.02 Å². The number of ketones is 1. The molecule has 1 heterocycles. The van der Waals surface area contributed by atoms with E-state index in [0.717, 1.165) is 5.56 Å². The number of carbonyl (C=O) groups excluding carboxylic acids is 1. The Hall–Kier alpha value is -2.43. The van der Waals surface area contributed by atoms with E-state index in [2.05, 4.69) is 10.1 Å². The molecule has 0 fully saturated rings. The fraction of sp³-hybridized carbons (Fsp3) is 0. The Labute approximate surface area is 143 Å². The van der Waals surface area contributed by atoms with Crippen LogP contribution in [-0.2, 0) is 0 Å². The minimum atomic E-state index is -0.263. The molecular formula is C17H11Cl2N3O. The van der Waals surface area contributed by atoms with Gasteiger partial charge < -0.3 is 0 Å². The van der Waals surface area contributed by atoms with Crippen molar-refractivity contribution in [2.24, 2.45) is 0 Å². The molecule has 4 nitrogen and oxygen atoms in total. The van der Waals surface area contributed by atoms with E-state index in [0.29, 0.717) is 21.3 Å². The maximum atomic E-state index is 12.9. The van der Waals surface area contributed by atoms with Crippen molar-refractivity contribution < 1.29 is 4.79 Å². The number of benzene rings is 2. The molecule has 23 heavy (non-hydrogen) atoms. The summed E-state index contributed by atoms with van der Waals surface area (Å²) in [6, 6.07) is 14.3. The zero-order valence-electron chi connectivity index (χ0n) is 11.9. The Morgan fingerprint density at radius 1 is 1.09 bits per heavy atom. The van der Waals surface area contributed by atoms with Crippen LogP contribution in [-0.4, -0.2) is 20.5 Å². The molecule has 0 radical (unpaired) electrons. The Morgan fingerprint density at radius 2 is 1.87 bits per heavy atom. The molecule has 0 saturated heterocycles. The van der Waals surface area contributed by atoms with Crippen LogP contribution in [0, 0.1) is 0 Å². The van der Waals surface area contributed by atoms with Crippen LogP contribution >= 0.6 is 23.2 Å². The van der Waals surface area contributed by atoms with Gasteiger partial charge in [-0.1, -0.05) is 53.5 Å². The first kappa shape index (κ1) is 15.5. The average molecular weight is 344 g/mol. The normalized spacial score (nSPS) is 11.5. The molecule has 0 aliphatic carbocycles. The molecule has 0 N–H and O–H groups in total. The first-order chi connectivity index (χ1) is 11.1. The van der Waals surface area contributed by atoms with Crippen LogP contribution in [0.2, 0.25) is 10.0 Å². The van der Waals surface area contributed by atoms with Crippen LogP contribution in [0.3, 0.4) is 0 Å². The fourth-order valence-electron chi connectivity index (χ4n) is 2.09. The van der Waals surface area contributed by atoms with E-state index in [1.54, 1.807) is 18.2 Å². The van der Waals surface area contributed by atoms with E-state index >= 15 is 0 Å². The molecule has 6 heteroatoms. The molecule has 3 aromatic rings. The van der Waals surface area contributed by atoms with E-state index < -0.39 is 0 Å². The summed E-state index contributed by atoms with van der Waals surface area (Å²) in [6.07, 6.45) is 4.58. The van der Waals surface area contributed by atoms with Crippen molar-refractivity contribution >= 4 is 40.8 Å². The van der Waals surface area contributed by atoms with Gasteiger partial charge in [-0.05, 0) is 29.8 Å². The van der Waals surface area contributed by atoms with Gasteiger partial charge in [-0.25, -0.2) is 9.67 Å². The maximum Gasteiger partial charge on any atom is 0.212 e. The second-order valence-corrected chi connectivity index (χ2v) is 5.58. The van der Waals surface area contributed by atoms with Crippen LogP contribution in [0.5, 0.6) is 0 Å². The molecule has 0 bridgehead atoms. The highest BCUT2D eigenvalue weighted by Gasteiger charge is 2.18. The van der Waals surface area contributed by atoms with E-state index in [9.17, 15) is 4.79 Å². The highest BCUT2D eigenvalue weighted by Crippen LogP contribution is 2.25. The molecule has 0 spiro atoms. The number of nitrogens with zero attached hydrogens (tertiary/aromatic N) is 3. The van der Waals surface area contributed by atoms with Crippen molar-refractivity contribution in [1.29, 1.82) is 0 Å². The molecule has 3 rings (SSSR count). The van der Waals surface area contributed by atoms with Gasteiger partial charge in [-0.3, -0.25) is 4.79 Å². The first-order valence-electron chi connectivity index (χ1n) is 6.76. The topological polar surface area (TPSA) is 47.8 Å². The third-order valence-electron chi connectivity index (χ3n) is 3.18. The molecule has 0 aliphatic heterocycles. The van der Waals surface area contributed by atoms with Crippen LogP contribution in [0.15, 0.2) is 61.2 Å². The summed E-state index contributed by atoms with van der Waals surface area (Å²) >= 11 is 12.0. The molecular weight excluding hydrogens is 333 g/mol. The van der Waals surface area contributed by atoms with Gasteiger partial charge in [0.1, 0.15) is 18.4 Å². The molecule has 0 unspecified atom stereocenters. The summed E-state index contributed by atoms with van der Waals surface area (Å²) in [5.74, 6) is -0.263. The number of allylic oxidation sites excluding steroid dienone is 1. The van der Waals surface area contributed by atoms with Crippen molar-refractivity contribution in [2.75, 3.05) is 0 Å². The van der Waals surface area contributed by atoms with E-state index in [4.69, 9.17) is 23.2 Å². The number of hydrogen-bond acceptors (Lipinski definition) is 3. The summed E-state index contributed by atoms with van der Waals surface area (Å²) in [6.45, 7) is 0. The van der Waals surface area contributed by atoms with Crippen molar-refractivity contribution in [2.45, 2.75) is 0 Å². The number of carbonyl (C=O) groups is 1. The minimum absolute atomic E-state index is 0.263. The summed E-state index contributed by atoms with van der Waals surface area (Å²) in [5.41, 5.74) is 1.57. The largest absolute Gasteiger partial charge is 0.287 e. The Kier molecular flexibility index (Phi) is 4.55. The highest BCUT2D eigenvalue weighted by molar-refractivity contribution is 6.40. The average Bonchev–Trinajstić information content (AvgIpc) is 3.07. The van der Waals surface area contributed by atoms with Gasteiger partial charge in [0, 0.05) is 10.6 Å². The summed E-state index contributed by atoms with van der Waals surface area (Å²) in [5, 5.41) is 4.82. The zero-order chi connectivity index (χ0) is 16.2. The van der Waals surface area contributed by atoms with Crippen LogP contribution in [0.4, 0.5) is 0 Å². The SMILES string of the molecule is O=C(/C(=C/c1ccccc1)n1cncn1)c1ccc(Cl)cc1Cl. The second-order valence-electron chi connectivity index (χ2n) is 4.73. The maximum absolute atomic E-state index is 12.9. The lowest BCUT2D eigenvalue weighted by molar-refractivity contribution is 0.105. The Balaban J connectivity index is 2.09. The fourth-order valence-corrected chi connectivity index (χ4v) is 2.58. The van der Waals surface area contributed by atoms with Crippen molar-refractivity contribution in [3.63, 3.8) is 0 Å². The predicted octanol–water partition coefficient (Wildman–Crippen LogP) is 4.47. The van der Waals surface area contributed by atoms with E-state index in [1.807, 2.05) is 30.3 Å². The van der Waals surface area contributed by atoms with Gasteiger partial charge in [0.2, 0.25) is 5.78 Å². The second kappa shape index (κ2) is 6.77. The molecule has 0 amide bonds. The van der Waals surface area contributed by atoms with Gasteiger partial charge in [-0.15, -0.1) is 0 Å². The first-order valence-corrected chi connectivity index (χ1v) is 7.52. The monoisotopic (exact) mass is 343 g/mol. The standard InChI is InChI=1S/C17H11Cl2N3O/c18-13-6-7-14(15(19)9-13)17(23)16(22-11-20-10-21-22)8-12-4-2-1-3-5-12/h1-11H/b16-8-. The highest BCUT2D eigenvalue weighted by atomic mass is 35.5. The van der Waals surface area contributed by atoms with Crippen molar-refractivity contribution in [1.82, 2.24) is 14.8 Å². The molecule has 0 saturated carbocycles. The summed E-state index contributed by atoms with van der Waals surface area (Å²) in [7, 11) is 0. The number of halogens is 2. The van der Waals surface area contributed by atoms with Gasteiger partial charge in [-0.2, -0.15) is 5.10 Å². The van der Waals surface area contributed by atoms with Gasteiger partial charge >= 0.3 is 0 Å². The Bertz CT molecular complexity index is 859. The summed E-state index contributed by atoms with van der Waals surface area (Å²) < 4.78 is 1.42. The number of hydrogen-bond donors (Lipinski definition) is 0. The molecule has 2 aromatic carbocycles. The number of rotatable bonds is 4. The lowest BCUT2D eigenvalue weighted by atomic mass is 10.1. The van der Waals surface area contributed by atoms with Crippen LogP contribution in [0.25, 0.3) is 11.8 Å². The number of aromatic nitrogens is 3. The molecule has 0 atom stereocenters. The molecule has 114 valence electrons. The smallest absolute Gasteiger partial charge is 0.212 e. The summed E-state index contributed by atoms with van der Waals surface area (Å²) in [4.78, 5) is 16.8.